The number of carboxylic acids is 1. The first kappa shape index (κ1) is 17.4. The van der Waals surface area contributed by atoms with Crippen LogP contribution in [0.2, 0.25) is 0 Å². The minimum atomic E-state index is -3.14. The Kier molecular flexibility index (Phi) is 9.01. The lowest BCUT2D eigenvalue weighted by Gasteiger charge is -2.15. The van der Waals surface area contributed by atoms with Crippen molar-refractivity contribution in [1.29, 1.82) is 0 Å². The van der Waals surface area contributed by atoms with Gasteiger partial charge in [0.1, 0.15) is 0 Å². The Labute approximate surface area is 110 Å². The Morgan fingerprint density at radius 1 is 1.17 bits per heavy atom. The zero-order chi connectivity index (χ0) is 14.0. The number of aliphatic carboxylic acids is 1. The fourth-order valence-corrected chi connectivity index (χ4v) is 3.04. The summed E-state index contributed by atoms with van der Waals surface area (Å²) in [6, 6.07) is 0. The van der Waals surface area contributed by atoms with Crippen LogP contribution in [0.5, 0.6) is 0 Å². The summed E-state index contributed by atoms with van der Waals surface area (Å²) in [7, 11) is -3.14. The van der Waals surface area contributed by atoms with Gasteiger partial charge in [-0.25, -0.2) is 13.1 Å². The van der Waals surface area contributed by atoms with E-state index in [0.717, 1.165) is 12.8 Å². The van der Waals surface area contributed by atoms with Gasteiger partial charge in [-0.15, -0.1) is 0 Å². The first-order chi connectivity index (χ1) is 8.41. The van der Waals surface area contributed by atoms with Gasteiger partial charge in [-0.3, -0.25) is 4.79 Å². The molecule has 0 saturated carbocycles. The molecule has 0 rings (SSSR count). The second-order valence-corrected chi connectivity index (χ2v) is 6.52. The minimum absolute atomic E-state index is 0.153. The molecule has 0 amide bonds. The third-order valence-corrected chi connectivity index (χ3v) is 4.40. The van der Waals surface area contributed by atoms with Gasteiger partial charge in [-0.1, -0.05) is 26.7 Å². The topological polar surface area (TPSA) is 83.5 Å². The van der Waals surface area contributed by atoms with Crippen LogP contribution in [0.15, 0.2) is 0 Å². The summed E-state index contributed by atoms with van der Waals surface area (Å²) in [6.45, 7) is 4.29. The fraction of sp³-hybridized carbons (Fsp3) is 0.917. The van der Waals surface area contributed by atoms with Gasteiger partial charge in [-0.2, -0.15) is 0 Å². The average Bonchev–Trinajstić information content (AvgIpc) is 2.25. The van der Waals surface area contributed by atoms with Gasteiger partial charge in [-0.05, 0) is 25.2 Å². The summed E-state index contributed by atoms with van der Waals surface area (Å²) in [5.41, 5.74) is 0. The largest absolute Gasteiger partial charge is 0.481 e. The summed E-state index contributed by atoms with van der Waals surface area (Å²) in [5.74, 6) is -0.348. The van der Waals surface area contributed by atoms with Gasteiger partial charge in [0.25, 0.3) is 0 Å². The van der Waals surface area contributed by atoms with Crippen LogP contribution in [0.4, 0.5) is 0 Å². The standard InChI is InChI=1S/C12H25NO4S/c1-3-5-11(6-7-12(14)15)8-9-13-18(16,17)10-4-2/h11,13H,3-10H2,1-2H3,(H,14,15). The predicted molar refractivity (Wildman–Crippen MR) is 72.0 cm³/mol. The summed E-state index contributed by atoms with van der Waals surface area (Å²) >= 11 is 0. The molecular weight excluding hydrogens is 254 g/mol. The molecule has 1 atom stereocenters. The Balaban J connectivity index is 3.99. The average molecular weight is 279 g/mol. The monoisotopic (exact) mass is 279 g/mol. The normalized spacial score (nSPS) is 13.4. The van der Waals surface area contributed by atoms with Gasteiger partial charge in [0.05, 0.1) is 5.75 Å². The number of hydrogen-bond acceptors (Lipinski definition) is 3. The van der Waals surface area contributed by atoms with E-state index in [-0.39, 0.29) is 18.1 Å². The third kappa shape index (κ3) is 9.41. The van der Waals surface area contributed by atoms with E-state index in [0.29, 0.717) is 25.8 Å². The smallest absolute Gasteiger partial charge is 0.303 e. The molecule has 0 heterocycles. The number of sulfonamides is 1. The van der Waals surface area contributed by atoms with Crippen LogP contribution < -0.4 is 4.72 Å². The maximum absolute atomic E-state index is 11.4. The maximum Gasteiger partial charge on any atom is 0.303 e. The van der Waals surface area contributed by atoms with Crippen LogP contribution in [0.1, 0.15) is 52.4 Å². The molecule has 0 aliphatic rings. The quantitative estimate of drug-likeness (QED) is 0.606. The Hall–Kier alpha value is -0.620. The molecule has 0 fully saturated rings. The number of hydrogen-bond donors (Lipinski definition) is 2. The lowest BCUT2D eigenvalue weighted by atomic mass is 9.95. The molecule has 108 valence electrons. The lowest BCUT2D eigenvalue weighted by molar-refractivity contribution is -0.137. The van der Waals surface area contributed by atoms with Crippen LogP contribution in [0.3, 0.4) is 0 Å². The van der Waals surface area contributed by atoms with E-state index in [1.165, 1.54) is 0 Å². The molecule has 0 aromatic carbocycles. The van der Waals surface area contributed by atoms with Crippen molar-refractivity contribution >= 4 is 16.0 Å². The van der Waals surface area contributed by atoms with E-state index >= 15 is 0 Å². The molecule has 1 unspecified atom stereocenters. The zero-order valence-electron chi connectivity index (χ0n) is 11.3. The summed E-state index contributed by atoms with van der Waals surface area (Å²) < 4.78 is 25.4. The molecule has 0 saturated heterocycles. The van der Waals surface area contributed by atoms with Crippen molar-refractivity contribution in [2.24, 2.45) is 5.92 Å². The number of rotatable bonds is 11. The van der Waals surface area contributed by atoms with Gasteiger partial charge >= 0.3 is 5.97 Å². The van der Waals surface area contributed by atoms with Gasteiger partial charge in [0.15, 0.2) is 0 Å². The number of carbonyl (C=O) groups is 1. The van der Waals surface area contributed by atoms with Crippen molar-refractivity contribution in [2.75, 3.05) is 12.3 Å². The van der Waals surface area contributed by atoms with Crippen LogP contribution in [0, 0.1) is 5.92 Å². The van der Waals surface area contributed by atoms with Gasteiger partial charge < -0.3 is 5.11 Å². The molecule has 0 radical (unpaired) electrons. The second-order valence-electron chi connectivity index (χ2n) is 4.59. The van der Waals surface area contributed by atoms with E-state index in [9.17, 15) is 13.2 Å². The SMILES string of the molecule is CCCC(CCNS(=O)(=O)CCC)CCC(=O)O. The fourth-order valence-electron chi connectivity index (χ4n) is 1.93. The van der Waals surface area contributed by atoms with Crippen molar-refractivity contribution in [3.63, 3.8) is 0 Å². The van der Waals surface area contributed by atoms with Crippen molar-refractivity contribution < 1.29 is 18.3 Å². The Morgan fingerprint density at radius 2 is 1.83 bits per heavy atom. The molecule has 2 N–H and O–H groups in total. The molecule has 0 aromatic rings. The molecule has 18 heavy (non-hydrogen) atoms. The maximum atomic E-state index is 11.4. The van der Waals surface area contributed by atoms with E-state index in [1.807, 2.05) is 6.92 Å². The van der Waals surface area contributed by atoms with Crippen molar-refractivity contribution in [2.45, 2.75) is 52.4 Å². The minimum Gasteiger partial charge on any atom is -0.481 e. The van der Waals surface area contributed by atoms with E-state index in [4.69, 9.17) is 5.11 Å². The van der Waals surface area contributed by atoms with Crippen molar-refractivity contribution in [3.8, 4) is 0 Å². The van der Waals surface area contributed by atoms with E-state index < -0.39 is 16.0 Å². The number of carboxylic acid groups (broad SMARTS) is 1. The van der Waals surface area contributed by atoms with Crippen molar-refractivity contribution in [1.82, 2.24) is 4.72 Å². The van der Waals surface area contributed by atoms with Gasteiger partial charge in [0.2, 0.25) is 10.0 Å². The van der Waals surface area contributed by atoms with Crippen molar-refractivity contribution in [3.05, 3.63) is 0 Å². The zero-order valence-corrected chi connectivity index (χ0v) is 12.1. The summed E-state index contributed by atoms with van der Waals surface area (Å²) in [5, 5.41) is 8.64. The molecule has 0 bridgehead atoms. The highest BCUT2D eigenvalue weighted by Gasteiger charge is 2.12. The molecule has 5 nitrogen and oxygen atoms in total. The summed E-state index contributed by atoms with van der Waals surface area (Å²) in [6.07, 6.45) is 4.04. The van der Waals surface area contributed by atoms with Crippen LogP contribution >= 0.6 is 0 Å². The predicted octanol–water partition coefficient (Wildman–Crippen LogP) is 1.99. The highest BCUT2D eigenvalue weighted by Crippen LogP contribution is 2.17. The van der Waals surface area contributed by atoms with E-state index in [2.05, 4.69) is 11.6 Å². The van der Waals surface area contributed by atoms with Gasteiger partial charge in [0, 0.05) is 13.0 Å². The number of nitrogens with one attached hydrogen (secondary N) is 1. The second kappa shape index (κ2) is 9.33. The lowest BCUT2D eigenvalue weighted by Crippen LogP contribution is -2.28. The molecule has 0 aliphatic heterocycles. The Morgan fingerprint density at radius 3 is 2.33 bits per heavy atom. The Bertz CT molecular complexity index is 327. The van der Waals surface area contributed by atoms with E-state index in [1.54, 1.807) is 0 Å². The molecule has 0 aliphatic carbocycles. The van der Waals surface area contributed by atoms with Crippen LogP contribution in [0.25, 0.3) is 0 Å². The molecule has 0 aromatic heterocycles. The molecular formula is C12H25NO4S. The third-order valence-electron chi connectivity index (χ3n) is 2.81. The first-order valence-corrected chi connectivity index (χ1v) is 8.25. The van der Waals surface area contributed by atoms with Crippen LogP contribution in [-0.4, -0.2) is 31.8 Å². The molecule has 6 heteroatoms. The highest BCUT2D eigenvalue weighted by molar-refractivity contribution is 7.89. The van der Waals surface area contributed by atoms with Crippen LogP contribution in [-0.2, 0) is 14.8 Å². The first-order valence-electron chi connectivity index (χ1n) is 6.60. The molecule has 0 spiro atoms. The highest BCUT2D eigenvalue weighted by atomic mass is 32.2. The summed E-state index contributed by atoms with van der Waals surface area (Å²) in [4.78, 5) is 10.5.